The van der Waals surface area contributed by atoms with E-state index < -0.39 is 8.32 Å². The molecule has 0 N–H and O–H groups in total. The largest absolute Gasteiger partial charge is 0.544 e. The smallest absolute Gasteiger partial charge is 0.242 e. The zero-order chi connectivity index (χ0) is 10.8. The minimum atomic E-state index is -1.57. The van der Waals surface area contributed by atoms with Crippen LogP contribution in [-0.2, 0) is 0 Å². The minimum Gasteiger partial charge on any atom is -0.544 e. The summed E-state index contributed by atoms with van der Waals surface area (Å²) in [6.45, 7) is 8.39. The van der Waals surface area contributed by atoms with Gasteiger partial charge in [-0.15, -0.1) is 0 Å². The van der Waals surface area contributed by atoms with Gasteiger partial charge in [-0.2, -0.15) is 5.26 Å². The predicted octanol–water partition coefficient (Wildman–Crippen LogP) is 3.08. The molecule has 0 saturated carbocycles. The van der Waals surface area contributed by atoms with Crippen LogP contribution in [0.15, 0.2) is 18.2 Å². The Kier molecular flexibility index (Phi) is 2.97. The lowest BCUT2D eigenvalue weighted by Gasteiger charge is -2.20. The van der Waals surface area contributed by atoms with Crippen molar-refractivity contribution in [3.05, 3.63) is 29.3 Å². The first kappa shape index (κ1) is 10.8. The second-order valence-electron chi connectivity index (χ2n) is 4.31. The molecule has 1 aromatic carbocycles. The first-order chi connectivity index (χ1) is 6.42. The van der Waals surface area contributed by atoms with E-state index in [2.05, 4.69) is 25.7 Å². The zero-order valence-electron chi connectivity index (χ0n) is 9.09. The van der Waals surface area contributed by atoms with E-state index in [0.29, 0.717) is 5.56 Å². The van der Waals surface area contributed by atoms with Crippen molar-refractivity contribution in [1.29, 1.82) is 5.26 Å². The Morgan fingerprint density at radius 3 is 2.43 bits per heavy atom. The maximum atomic E-state index is 8.76. The van der Waals surface area contributed by atoms with Crippen molar-refractivity contribution in [3.8, 4) is 11.8 Å². The highest BCUT2D eigenvalue weighted by atomic mass is 28.4. The Bertz CT molecular complexity index is 374. The fourth-order valence-electron chi connectivity index (χ4n) is 1.11. The van der Waals surface area contributed by atoms with Gasteiger partial charge in [0.2, 0.25) is 8.32 Å². The third-order valence-corrected chi connectivity index (χ3v) is 2.57. The van der Waals surface area contributed by atoms with Crippen molar-refractivity contribution >= 4 is 8.32 Å². The molecule has 14 heavy (non-hydrogen) atoms. The second kappa shape index (κ2) is 3.85. The normalized spacial score (nSPS) is 10.8. The maximum absolute atomic E-state index is 8.76. The quantitative estimate of drug-likeness (QED) is 0.695. The highest BCUT2D eigenvalue weighted by molar-refractivity contribution is 6.70. The number of aryl methyl sites for hydroxylation is 1. The lowest BCUT2D eigenvalue weighted by atomic mass is 10.1. The van der Waals surface area contributed by atoms with Gasteiger partial charge in [-0.25, -0.2) is 0 Å². The Labute approximate surface area is 86.3 Å². The van der Waals surface area contributed by atoms with Gasteiger partial charge in [0, 0.05) is 0 Å². The van der Waals surface area contributed by atoms with Crippen LogP contribution < -0.4 is 4.43 Å². The van der Waals surface area contributed by atoms with E-state index in [1.54, 1.807) is 0 Å². The van der Waals surface area contributed by atoms with Gasteiger partial charge in [0.25, 0.3) is 0 Å². The second-order valence-corrected chi connectivity index (χ2v) is 8.74. The van der Waals surface area contributed by atoms with Crippen LogP contribution in [0.2, 0.25) is 19.6 Å². The SMILES string of the molecule is Cc1ccc(C#N)cc1O[Si](C)(C)C. The summed E-state index contributed by atoms with van der Waals surface area (Å²) in [6.07, 6.45) is 0. The Morgan fingerprint density at radius 1 is 1.29 bits per heavy atom. The van der Waals surface area contributed by atoms with Crippen LogP contribution in [0, 0.1) is 18.3 Å². The van der Waals surface area contributed by atoms with E-state index in [4.69, 9.17) is 9.69 Å². The van der Waals surface area contributed by atoms with Gasteiger partial charge >= 0.3 is 0 Å². The van der Waals surface area contributed by atoms with E-state index in [9.17, 15) is 0 Å². The fourth-order valence-corrected chi connectivity index (χ4v) is 1.99. The summed E-state index contributed by atoms with van der Waals surface area (Å²) in [5, 5.41) is 8.76. The lowest BCUT2D eigenvalue weighted by molar-refractivity contribution is 0.553. The summed E-state index contributed by atoms with van der Waals surface area (Å²) >= 11 is 0. The molecule has 0 saturated heterocycles. The van der Waals surface area contributed by atoms with E-state index in [-0.39, 0.29) is 0 Å². The van der Waals surface area contributed by atoms with Crippen molar-refractivity contribution in [1.82, 2.24) is 0 Å². The minimum absolute atomic E-state index is 0.656. The molecule has 0 aliphatic rings. The van der Waals surface area contributed by atoms with Gasteiger partial charge in [-0.3, -0.25) is 0 Å². The molecule has 74 valence electrons. The number of hydrogen-bond acceptors (Lipinski definition) is 2. The van der Waals surface area contributed by atoms with Crippen LogP contribution in [0.1, 0.15) is 11.1 Å². The van der Waals surface area contributed by atoms with Gasteiger partial charge < -0.3 is 4.43 Å². The molecule has 1 aromatic rings. The highest BCUT2D eigenvalue weighted by Gasteiger charge is 2.17. The number of benzene rings is 1. The summed E-state index contributed by atoms with van der Waals surface area (Å²) in [4.78, 5) is 0. The molecule has 0 atom stereocenters. The average molecular weight is 205 g/mol. The van der Waals surface area contributed by atoms with Crippen LogP contribution in [0.4, 0.5) is 0 Å². The van der Waals surface area contributed by atoms with Crippen LogP contribution >= 0.6 is 0 Å². The molecule has 0 fully saturated rings. The van der Waals surface area contributed by atoms with Crippen molar-refractivity contribution < 1.29 is 4.43 Å². The van der Waals surface area contributed by atoms with Crippen molar-refractivity contribution in [2.24, 2.45) is 0 Å². The molecule has 0 aliphatic heterocycles. The average Bonchev–Trinajstić information content (AvgIpc) is 2.06. The van der Waals surface area contributed by atoms with Gasteiger partial charge in [0.1, 0.15) is 5.75 Å². The van der Waals surface area contributed by atoms with Crippen molar-refractivity contribution in [2.75, 3.05) is 0 Å². The summed E-state index contributed by atoms with van der Waals surface area (Å²) in [5.41, 5.74) is 1.75. The predicted molar refractivity (Wildman–Crippen MR) is 59.9 cm³/mol. The number of nitrogens with zero attached hydrogens (tertiary/aromatic N) is 1. The molecule has 2 nitrogen and oxygen atoms in total. The Balaban J connectivity index is 3.03. The molecule has 0 spiro atoms. The molecule has 0 aliphatic carbocycles. The Hall–Kier alpha value is -1.27. The van der Waals surface area contributed by atoms with Crippen LogP contribution in [0.25, 0.3) is 0 Å². The number of rotatable bonds is 2. The number of nitriles is 1. The highest BCUT2D eigenvalue weighted by Crippen LogP contribution is 2.22. The van der Waals surface area contributed by atoms with Gasteiger partial charge in [-0.05, 0) is 44.3 Å². The van der Waals surface area contributed by atoms with Crippen LogP contribution in [0.5, 0.6) is 5.75 Å². The Morgan fingerprint density at radius 2 is 1.93 bits per heavy atom. The van der Waals surface area contributed by atoms with E-state index >= 15 is 0 Å². The van der Waals surface area contributed by atoms with Gasteiger partial charge in [-0.1, -0.05) is 6.07 Å². The molecule has 0 aromatic heterocycles. The standard InChI is InChI=1S/C11H15NOSi/c1-9-5-6-10(8-12)7-11(9)13-14(2,3)4/h5-7H,1-4H3. The van der Waals surface area contributed by atoms with E-state index in [1.165, 1.54) is 0 Å². The molecule has 3 heteroatoms. The fraction of sp³-hybridized carbons (Fsp3) is 0.364. The molecular formula is C11H15NOSi. The van der Waals surface area contributed by atoms with Gasteiger partial charge in [0.15, 0.2) is 0 Å². The molecule has 0 unspecified atom stereocenters. The molecule has 1 rings (SSSR count). The summed E-state index contributed by atoms with van der Waals surface area (Å²) in [5.74, 6) is 0.850. The van der Waals surface area contributed by atoms with E-state index in [0.717, 1.165) is 11.3 Å². The van der Waals surface area contributed by atoms with Crippen LogP contribution in [0.3, 0.4) is 0 Å². The zero-order valence-corrected chi connectivity index (χ0v) is 10.1. The third kappa shape index (κ3) is 2.89. The summed E-state index contributed by atoms with van der Waals surface area (Å²) in [7, 11) is -1.57. The first-order valence-corrected chi connectivity index (χ1v) is 8.03. The van der Waals surface area contributed by atoms with Crippen molar-refractivity contribution in [3.63, 3.8) is 0 Å². The maximum Gasteiger partial charge on any atom is 0.242 e. The molecular weight excluding hydrogens is 190 g/mol. The monoisotopic (exact) mass is 205 g/mol. The van der Waals surface area contributed by atoms with E-state index in [1.807, 2.05) is 25.1 Å². The number of hydrogen-bond donors (Lipinski definition) is 0. The summed E-state index contributed by atoms with van der Waals surface area (Å²) in [6, 6.07) is 7.67. The molecule has 0 heterocycles. The molecule has 0 bridgehead atoms. The molecule has 0 amide bonds. The van der Waals surface area contributed by atoms with Crippen LogP contribution in [-0.4, -0.2) is 8.32 Å². The third-order valence-electron chi connectivity index (χ3n) is 1.73. The lowest BCUT2D eigenvalue weighted by Crippen LogP contribution is -2.29. The molecule has 0 radical (unpaired) electrons. The van der Waals surface area contributed by atoms with Crippen molar-refractivity contribution in [2.45, 2.75) is 26.6 Å². The first-order valence-electron chi connectivity index (χ1n) is 4.62. The summed E-state index contributed by atoms with van der Waals surface area (Å²) < 4.78 is 5.86. The van der Waals surface area contributed by atoms with Gasteiger partial charge in [0.05, 0.1) is 11.6 Å². The topological polar surface area (TPSA) is 33.0 Å².